The molecule has 4 rings (SSSR count). The van der Waals surface area contributed by atoms with Gasteiger partial charge >= 0.3 is 0 Å². The Morgan fingerprint density at radius 2 is 1.92 bits per heavy atom. The van der Waals surface area contributed by atoms with Crippen LogP contribution in [-0.4, -0.2) is 29.0 Å². The van der Waals surface area contributed by atoms with Crippen LogP contribution < -0.4 is 5.32 Å². The van der Waals surface area contributed by atoms with Crippen molar-refractivity contribution in [2.45, 2.75) is 13.1 Å². The highest BCUT2D eigenvalue weighted by Crippen LogP contribution is 2.37. The normalized spacial score (nSPS) is 11.3. The lowest BCUT2D eigenvalue weighted by Crippen LogP contribution is -2.14. The Balaban J connectivity index is 1.79. The summed E-state index contributed by atoms with van der Waals surface area (Å²) in [5.41, 5.74) is 2.33. The predicted octanol–water partition coefficient (Wildman–Crippen LogP) is 4.63. The van der Waals surface area contributed by atoms with Gasteiger partial charge in [-0.25, -0.2) is 9.97 Å². The number of fused-ring (bicyclic) bond motifs is 1. The van der Waals surface area contributed by atoms with Crippen LogP contribution in [0.15, 0.2) is 58.5 Å². The molecule has 0 atom stereocenters. The minimum atomic E-state index is 0.588. The van der Waals surface area contributed by atoms with Crippen LogP contribution in [0.1, 0.15) is 11.6 Å². The number of benzene rings is 1. The molecule has 3 heterocycles. The van der Waals surface area contributed by atoms with Crippen LogP contribution in [0, 0.1) is 0 Å². The highest BCUT2D eigenvalue weighted by atomic mass is 32.1. The molecule has 0 aliphatic heterocycles. The molecule has 0 unspecified atom stereocenters. The van der Waals surface area contributed by atoms with Gasteiger partial charge < -0.3 is 14.6 Å². The molecular formula is C20H20N4OS. The Hall–Kier alpha value is -2.70. The number of furan rings is 1. The second-order valence-electron chi connectivity index (χ2n) is 6.35. The lowest BCUT2D eigenvalue weighted by atomic mass is 10.1. The van der Waals surface area contributed by atoms with Gasteiger partial charge in [0.05, 0.1) is 24.7 Å². The van der Waals surface area contributed by atoms with Crippen molar-refractivity contribution in [3.05, 3.63) is 65.7 Å². The van der Waals surface area contributed by atoms with Gasteiger partial charge in [-0.2, -0.15) is 0 Å². The van der Waals surface area contributed by atoms with Gasteiger partial charge in [-0.05, 0) is 31.8 Å². The van der Waals surface area contributed by atoms with E-state index in [1.54, 1.807) is 17.6 Å². The Kier molecular flexibility index (Phi) is 4.69. The monoisotopic (exact) mass is 364 g/mol. The molecule has 0 amide bonds. The smallest absolute Gasteiger partial charge is 0.146 e. The highest BCUT2D eigenvalue weighted by molar-refractivity contribution is 7.17. The van der Waals surface area contributed by atoms with Crippen LogP contribution in [0.3, 0.4) is 0 Å². The number of nitrogens with one attached hydrogen (secondary N) is 1. The fraction of sp³-hybridized carbons (Fsp3) is 0.200. The van der Waals surface area contributed by atoms with Crippen LogP contribution in [-0.2, 0) is 13.1 Å². The van der Waals surface area contributed by atoms with E-state index >= 15 is 0 Å². The summed E-state index contributed by atoms with van der Waals surface area (Å²) in [5, 5.41) is 6.67. The molecular weight excluding hydrogens is 344 g/mol. The van der Waals surface area contributed by atoms with E-state index in [1.165, 1.54) is 5.56 Å². The van der Waals surface area contributed by atoms with Crippen molar-refractivity contribution < 1.29 is 4.42 Å². The molecule has 0 saturated carbocycles. The van der Waals surface area contributed by atoms with Crippen molar-refractivity contribution in [2.24, 2.45) is 0 Å². The Bertz CT molecular complexity index is 994. The second kappa shape index (κ2) is 7.27. The van der Waals surface area contributed by atoms with Crippen molar-refractivity contribution in [3.63, 3.8) is 0 Å². The number of nitrogens with zero attached hydrogens (tertiary/aromatic N) is 3. The van der Waals surface area contributed by atoms with E-state index in [9.17, 15) is 0 Å². The molecule has 1 N–H and O–H groups in total. The number of anilines is 1. The summed E-state index contributed by atoms with van der Waals surface area (Å²) >= 11 is 1.65. The summed E-state index contributed by atoms with van der Waals surface area (Å²) in [6, 6.07) is 14.2. The Morgan fingerprint density at radius 3 is 2.65 bits per heavy atom. The molecule has 0 aliphatic carbocycles. The van der Waals surface area contributed by atoms with Gasteiger partial charge in [-0.3, -0.25) is 0 Å². The van der Waals surface area contributed by atoms with Crippen molar-refractivity contribution in [2.75, 3.05) is 19.4 Å². The Labute approximate surface area is 156 Å². The number of rotatable bonds is 6. The van der Waals surface area contributed by atoms with Crippen LogP contribution in [0.5, 0.6) is 0 Å². The van der Waals surface area contributed by atoms with Gasteiger partial charge in [0.15, 0.2) is 0 Å². The summed E-state index contributed by atoms with van der Waals surface area (Å²) in [6.07, 6.45) is 1.68. The zero-order valence-corrected chi connectivity index (χ0v) is 15.6. The van der Waals surface area contributed by atoms with Crippen LogP contribution in [0.2, 0.25) is 0 Å². The highest BCUT2D eigenvalue weighted by Gasteiger charge is 2.16. The van der Waals surface area contributed by atoms with E-state index in [4.69, 9.17) is 14.4 Å². The van der Waals surface area contributed by atoms with Gasteiger partial charge in [0.1, 0.15) is 22.2 Å². The predicted molar refractivity (Wildman–Crippen MR) is 106 cm³/mol. The van der Waals surface area contributed by atoms with Crippen molar-refractivity contribution in [3.8, 4) is 11.1 Å². The summed E-state index contributed by atoms with van der Waals surface area (Å²) in [6.45, 7) is 1.29. The van der Waals surface area contributed by atoms with Gasteiger partial charge in [-0.15, -0.1) is 11.3 Å². The first-order chi connectivity index (χ1) is 12.7. The fourth-order valence-electron chi connectivity index (χ4n) is 2.88. The zero-order chi connectivity index (χ0) is 17.9. The first-order valence-corrected chi connectivity index (χ1v) is 9.33. The first-order valence-electron chi connectivity index (χ1n) is 8.45. The summed E-state index contributed by atoms with van der Waals surface area (Å²) in [4.78, 5) is 12.6. The van der Waals surface area contributed by atoms with Crippen LogP contribution in [0.25, 0.3) is 21.3 Å². The van der Waals surface area contributed by atoms with Crippen LogP contribution >= 0.6 is 11.3 Å². The molecule has 0 fully saturated rings. The van der Waals surface area contributed by atoms with E-state index in [0.29, 0.717) is 13.1 Å². The topological polar surface area (TPSA) is 54.2 Å². The molecule has 0 spiro atoms. The average molecular weight is 364 g/mol. The third-order valence-corrected chi connectivity index (χ3v) is 4.90. The van der Waals surface area contributed by atoms with E-state index in [2.05, 4.69) is 39.9 Å². The molecule has 26 heavy (non-hydrogen) atoms. The molecule has 0 saturated heterocycles. The van der Waals surface area contributed by atoms with E-state index in [1.807, 2.05) is 32.3 Å². The summed E-state index contributed by atoms with van der Waals surface area (Å²) < 4.78 is 5.45. The minimum absolute atomic E-state index is 0.588. The molecule has 132 valence electrons. The molecule has 4 aromatic rings. The largest absolute Gasteiger partial charge is 0.467 e. The number of hydrogen-bond donors (Lipinski definition) is 1. The van der Waals surface area contributed by atoms with Crippen molar-refractivity contribution in [1.29, 1.82) is 0 Å². The van der Waals surface area contributed by atoms with Crippen LogP contribution in [0.4, 0.5) is 5.82 Å². The number of thiophene rings is 1. The fourth-order valence-corrected chi connectivity index (χ4v) is 3.85. The minimum Gasteiger partial charge on any atom is -0.467 e. The molecule has 0 bridgehead atoms. The molecule has 0 radical (unpaired) electrons. The van der Waals surface area contributed by atoms with Gasteiger partial charge in [0.25, 0.3) is 0 Å². The Morgan fingerprint density at radius 1 is 1.08 bits per heavy atom. The van der Waals surface area contributed by atoms with E-state index in [-0.39, 0.29) is 0 Å². The third-order valence-electron chi connectivity index (χ3n) is 4.03. The second-order valence-corrected chi connectivity index (χ2v) is 7.21. The summed E-state index contributed by atoms with van der Waals surface area (Å²) in [7, 11) is 4.04. The summed E-state index contributed by atoms with van der Waals surface area (Å²) in [5.74, 6) is 2.54. The zero-order valence-electron chi connectivity index (χ0n) is 14.8. The van der Waals surface area contributed by atoms with E-state index < -0.39 is 0 Å². The van der Waals surface area contributed by atoms with Crippen molar-refractivity contribution >= 4 is 27.4 Å². The molecule has 3 aromatic heterocycles. The van der Waals surface area contributed by atoms with Crippen molar-refractivity contribution in [1.82, 2.24) is 14.9 Å². The third kappa shape index (κ3) is 3.47. The van der Waals surface area contributed by atoms with Gasteiger partial charge in [0.2, 0.25) is 0 Å². The first kappa shape index (κ1) is 16.8. The maximum Gasteiger partial charge on any atom is 0.146 e. The number of aromatic nitrogens is 2. The average Bonchev–Trinajstić information content (AvgIpc) is 3.29. The lowest BCUT2D eigenvalue weighted by Gasteiger charge is -2.12. The molecule has 6 heteroatoms. The molecule has 1 aromatic carbocycles. The van der Waals surface area contributed by atoms with Gasteiger partial charge in [-0.1, -0.05) is 30.3 Å². The lowest BCUT2D eigenvalue weighted by molar-refractivity contribution is 0.391. The standard InChI is InChI=1S/C20H20N4OS/c1-24(2)12-17-22-19(21-11-15-9-6-10-25-15)18-16(13-26-20(18)23-17)14-7-4-3-5-8-14/h3-10,13H,11-12H2,1-2H3,(H,21,22,23). The number of hydrogen-bond acceptors (Lipinski definition) is 6. The molecule has 0 aliphatic rings. The van der Waals surface area contributed by atoms with Gasteiger partial charge in [0, 0.05) is 10.9 Å². The molecule has 5 nitrogen and oxygen atoms in total. The SMILES string of the molecule is CN(C)Cc1nc(NCc2ccco2)c2c(-c3ccccc3)csc2n1. The maximum absolute atomic E-state index is 5.45. The quantitative estimate of drug-likeness (QED) is 0.541. The maximum atomic E-state index is 5.45. The van der Waals surface area contributed by atoms with E-state index in [0.717, 1.165) is 33.2 Å².